The summed E-state index contributed by atoms with van der Waals surface area (Å²) in [4.78, 5) is 0. The molecule has 0 aliphatic carbocycles. The van der Waals surface area contributed by atoms with E-state index in [2.05, 4.69) is 24.3 Å². The van der Waals surface area contributed by atoms with Gasteiger partial charge in [-0.2, -0.15) is 5.26 Å². The average Bonchev–Trinajstić information content (AvgIpc) is 2.54. The fraction of sp³-hybridized carbons (Fsp3) is 0.0556. The van der Waals surface area contributed by atoms with E-state index in [1.807, 2.05) is 42.5 Å². The second-order valence-electron chi connectivity index (χ2n) is 4.74. The van der Waals surface area contributed by atoms with E-state index in [9.17, 15) is 0 Å². The summed E-state index contributed by atoms with van der Waals surface area (Å²) >= 11 is 0. The Morgan fingerprint density at radius 1 is 0.800 bits per heavy atom. The van der Waals surface area contributed by atoms with Crippen LogP contribution in [0.15, 0.2) is 60.7 Å². The third-order valence-electron chi connectivity index (χ3n) is 3.43. The van der Waals surface area contributed by atoms with Gasteiger partial charge in [0.1, 0.15) is 0 Å². The topological polar surface area (TPSA) is 44.0 Å². The first-order valence-electron chi connectivity index (χ1n) is 6.44. The second kappa shape index (κ2) is 5.16. The molecule has 0 radical (unpaired) electrons. The highest BCUT2D eigenvalue weighted by Crippen LogP contribution is 2.25. The van der Waals surface area contributed by atoms with E-state index in [1.165, 1.54) is 0 Å². The molecule has 0 atom stereocenters. The van der Waals surface area contributed by atoms with E-state index in [0.717, 1.165) is 27.5 Å². The molecule has 2 heteroatoms. The van der Waals surface area contributed by atoms with Crippen molar-refractivity contribution in [3.63, 3.8) is 0 Å². The molecular weight excluding hydrogens is 246 g/mol. The largest absolute Gasteiger partial charge is 0.392 e. The molecule has 0 saturated heterocycles. The van der Waals surface area contributed by atoms with Crippen LogP contribution < -0.4 is 0 Å². The lowest BCUT2D eigenvalue weighted by Gasteiger charge is -2.05. The van der Waals surface area contributed by atoms with Crippen molar-refractivity contribution in [2.24, 2.45) is 0 Å². The van der Waals surface area contributed by atoms with Crippen LogP contribution in [0.5, 0.6) is 0 Å². The summed E-state index contributed by atoms with van der Waals surface area (Å²) in [6.45, 7) is 0.0628. The van der Waals surface area contributed by atoms with Gasteiger partial charge in [-0.3, -0.25) is 0 Å². The molecule has 96 valence electrons. The molecule has 0 bridgehead atoms. The number of hydrogen-bond donors (Lipinski definition) is 1. The predicted octanol–water partition coefficient (Wildman–Crippen LogP) is 3.87. The summed E-state index contributed by atoms with van der Waals surface area (Å²) in [6.07, 6.45) is 0. The Hall–Kier alpha value is -2.63. The quantitative estimate of drug-likeness (QED) is 0.759. The van der Waals surface area contributed by atoms with E-state index in [-0.39, 0.29) is 6.61 Å². The molecule has 3 aromatic rings. The molecule has 3 rings (SSSR count). The van der Waals surface area contributed by atoms with Gasteiger partial charge in [-0.05, 0) is 51.7 Å². The molecule has 0 amide bonds. The number of nitrogens with zero attached hydrogens (tertiary/aromatic N) is 1. The first-order chi connectivity index (χ1) is 9.80. The van der Waals surface area contributed by atoms with E-state index < -0.39 is 0 Å². The number of rotatable bonds is 2. The Labute approximate surface area is 117 Å². The van der Waals surface area contributed by atoms with Gasteiger partial charge in [0.2, 0.25) is 0 Å². The normalized spacial score (nSPS) is 10.4. The molecule has 3 aromatic carbocycles. The lowest BCUT2D eigenvalue weighted by molar-refractivity contribution is 0.282. The number of aliphatic hydroxyl groups excluding tert-OH is 1. The van der Waals surface area contributed by atoms with Gasteiger partial charge in [0.15, 0.2) is 0 Å². The Bertz CT molecular complexity index is 798. The average molecular weight is 259 g/mol. The fourth-order valence-corrected chi connectivity index (χ4v) is 2.31. The van der Waals surface area contributed by atoms with E-state index in [1.54, 1.807) is 0 Å². The Morgan fingerprint density at radius 3 is 2.15 bits per heavy atom. The van der Waals surface area contributed by atoms with E-state index in [0.29, 0.717) is 5.56 Å². The molecule has 0 aromatic heterocycles. The molecule has 20 heavy (non-hydrogen) atoms. The first-order valence-corrected chi connectivity index (χ1v) is 6.44. The van der Waals surface area contributed by atoms with Crippen LogP contribution in [-0.2, 0) is 6.61 Å². The van der Waals surface area contributed by atoms with Crippen LogP contribution in [0.3, 0.4) is 0 Å². The van der Waals surface area contributed by atoms with Crippen LogP contribution in [0.1, 0.15) is 11.1 Å². The molecular formula is C18H13NO. The van der Waals surface area contributed by atoms with Crippen molar-refractivity contribution in [1.82, 2.24) is 0 Å². The van der Waals surface area contributed by atoms with Crippen molar-refractivity contribution in [1.29, 1.82) is 5.26 Å². The molecule has 0 aliphatic rings. The third kappa shape index (κ3) is 2.27. The number of hydrogen-bond acceptors (Lipinski definition) is 2. The standard InChI is InChI=1S/C18H13NO/c19-11-13-1-4-15(5-2-13)17-8-7-16-9-14(12-20)3-6-18(16)10-17/h1-10,20H,12H2. The fourth-order valence-electron chi connectivity index (χ4n) is 2.31. The number of nitriles is 1. The van der Waals surface area contributed by atoms with Crippen molar-refractivity contribution in [3.05, 3.63) is 71.8 Å². The molecule has 0 spiro atoms. The van der Waals surface area contributed by atoms with E-state index >= 15 is 0 Å². The van der Waals surface area contributed by atoms with Gasteiger partial charge in [-0.25, -0.2) is 0 Å². The summed E-state index contributed by atoms with van der Waals surface area (Å²) in [6, 6.07) is 21.9. The van der Waals surface area contributed by atoms with Gasteiger partial charge in [0, 0.05) is 0 Å². The number of aliphatic hydroxyl groups is 1. The Kier molecular flexibility index (Phi) is 3.20. The minimum Gasteiger partial charge on any atom is -0.392 e. The van der Waals surface area contributed by atoms with Crippen molar-refractivity contribution >= 4 is 10.8 Å². The summed E-state index contributed by atoms with van der Waals surface area (Å²) in [5.41, 5.74) is 3.81. The van der Waals surface area contributed by atoms with Gasteiger partial charge in [-0.15, -0.1) is 0 Å². The molecule has 0 heterocycles. The summed E-state index contributed by atoms with van der Waals surface area (Å²) < 4.78 is 0. The second-order valence-corrected chi connectivity index (χ2v) is 4.74. The maximum Gasteiger partial charge on any atom is 0.0991 e. The zero-order chi connectivity index (χ0) is 13.9. The van der Waals surface area contributed by atoms with Gasteiger partial charge >= 0.3 is 0 Å². The monoisotopic (exact) mass is 259 g/mol. The minimum absolute atomic E-state index is 0.0628. The number of fused-ring (bicyclic) bond motifs is 1. The van der Waals surface area contributed by atoms with Crippen LogP contribution in [0.25, 0.3) is 21.9 Å². The Morgan fingerprint density at radius 2 is 1.45 bits per heavy atom. The van der Waals surface area contributed by atoms with Gasteiger partial charge in [-0.1, -0.05) is 36.4 Å². The maximum atomic E-state index is 9.15. The lowest BCUT2D eigenvalue weighted by Crippen LogP contribution is -1.84. The Balaban J connectivity index is 2.06. The SMILES string of the molecule is N#Cc1ccc(-c2ccc3cc(CO)ccc3c2)cc1. The summed E-state index contributed by atoms with van der Waals surface area (Å²) in [7, 11) is 0. The van der Waals surface area contributed by atoms with Crippen LogP contribution in [0.2, 0.25) is 0 Å². The van der Waals surface area contributed by atoms with Crippen molar-refractivity contribution < 1.29 is 5.11 Å². The molecule has 0 unspecified atom stereocenters. The first kappa shape index (κ1) is 12.4. The summed E-state index contributed by atoms with van der Waals surface area (Å²) in [5, 5.41) is 20.2. The van der Waals surface area contributed by atoms with Gasteiger partial charge < -0.3 is 5.11 Å². The smallest absolute Gasteiger partial charge is 0.0991 e. The van der Waals surface area contributed by atoms with Crippen LogP contribution >= 0.6 is 0 Å². The highest BCUT2D eigenvalue weighted by Gasteiger charge is 2.01. The molecule has 1 N–H and O–H groups in total. The molecule has 2 nitrogen and oxygen atoms in total. The van der Waals surface area contributed by atoms with Crippen molar-refractivity contribution in [2.75, 3.05) is 0 Å². The maximum absolute atomic E-state index is 9.15. The molecule has 0 fully saturated rings. The van der Waals surface area contributed by atoms with Crippen LogP contribution in [-0.4, -0.2) is 5.11 Å². The molecule has 0 aliphatic heterocycles. The highest BCUT2D eigenvalue weighted by molar-refractivity contribution is 5.87. The van der Waals surface area contributed by atoms with E-state index in [4.69, 9.17) is 10.4 Å². The zero-order valence-corrected chi connectivity index (χ0v) is 10.9. The minimum atomic E-state index is 0.0628. The van der Waals surface area contributed by atoms with Crippen molar-refractivity contribution in [3.8, 4) is 17.2 Å². The van der Waals surface area contributed by atoms with Crippen molar-refractivity contribution in [2.45, 2.75) is 6.61 Å². The third-order valence-corrected chi connectivity index (χ3v) is 3.43. The summed E-state index contributed by atoms with van der Waals surface area (Å²) in [5.74, 6) is 0. The highest BCUT2D eigenvalue weighted by atomic mass is 16.3. The van der Waals surface area contributed by atoms with Gasteiger partial charge in [0.05, 0.1) is 18.2 Å². The molecule has 0 saturated carbocycles. The zero-order valence-electron chi connectivity index (χ0n) is 10.9. The predicted molar refractivity (Wildman–Crippen MR) is 80.0 cm³/mol. The van der Waals surface area contributed by atoms with Crippen LogP contribution in [0, 0.1) is 11.3 Å². The van der Waals surface area contributed by atoms with Crippen LogP contribution in [0.4, 0.5) is 0 Å². The lowest BCUT2D eigenvalue weighted by atomic mass is 9.99. The number of benzene rings is 3. The van der Waals surface area contributed by atoms with Gasteiger partial charge in [0.25, 0.3) is 0 Å².